The average Bonchev–Trinajstić information content (AvgIpc) is 2.50. The number of halogens is 1. The molecule has 112 valence electrons. The fraction of sp³-hybridized carbons (Fsp3) is 0. The SMILES string of the molecule is O=C(Nc1ccc(F)cc1)C(=O)Nc1ccc([N+](=O)[O-])cc1. The Hall–Kier alpha value is -3.29. The summed E-state index contributed by atoms with van der Waals surface area (Å²) in [5, 5.41) is 15.1. The first-order valence-corrected chi connectivity index (χ1v) is 6.08. The molecule has 0 heterocycles. The number of carbonyl (C=O) groups excluding carboxylic acids is 2. The highest BCUT2D eigenvalue weighted by Gasteiger charge is 2.14. The number of nitro benzene ring substituents is 1. The number of anilines is 2. The van der Waals surface area contributed by atoms with Gasteiger partial charge in [0.25, 0.3) is 5.69 Å². The van der Waals surface area contributed by atoms with Crippen LogP contribution in [0.1, 0.15) is 0 Å². The van der Waals surface area contributed by atoms with E-state index in [-0.39, 0.29) is 17.1 Å². The van der Waals surface area contributed by atoms with Crippen molar-refractivity contribution in [3.05, 3.63) is 64.5 Å². The number of nitro groups is 1. The lowest BCUT2D eigenvalue weighted by Crippen LogP contribution is -2.29. The molecule has 0 bridgehead atoms. The van der Waals surface area contributed by atoms with Gasteiger partial charge in [-0.25, -0.2) is 4.39 Å². The van der Waals surface area contributed by atoms with Crippen molar-refractivity contribution >= 4 is 28.9 Å². The molecule has 8 heteroatoms. The van der Waals surface area contributed by atoms with Crippen LogP contribution in [-0.4, -0.2) is 16.7 Å². The number of nitrogens with zero attached hydrogens (tertiary/aromatic N) is 1. The van der Waals surface area contributed by atoms with Crippen LogP contribution >= 0.6 is 0 Å². The molecule has 2 rings (SSSR count). The predicted octanol–water partition coefficient (Wildman–Crippen LogP) is 2.31. The zero-order valence-electron chi connectivity index (χ0n) is 11.1. The number of rotatable bonds is 3. The molecule has 2 aromatic carbocycles. The van der Waals surface area contributed by atoms with Crippen LogP contribution < -0.4 is 10.6 Å². The van der Waals surface area contributed by atoms with Crippen LogP contribution in [0.3, 0.4) is 0 Å². The third kappa shape index (κ3) is 3.85. The van der Waals surface area contributed by atoms with Crippen LogP contribution in [0.25, 0.3) is 0 Å². The summed E-state index contributed by atoms with van der Waals surface area (Å²) in [6, 6.07) is 9.93. The van der Waals surface area contributed by atoms with Crippen molar-refractivity contribution in [2.45, 2.75) is 0 Å². The van der Waals surface area contributed by atoms with E-state index in [1.807, 2.05) is 0 Å². The number of amides is 2. The largest absolute Gasteiger partial charge is 0.318 e. The summed E-state index contributed by atoms with van der Waals surface area (Å²) in [6.07, 6.45) is 0. The lowest BCUT2D eigenvalue weighted by atomic mass is 10.3. The number of non-ortho nitro benzene ring substituents is 1. The van der Waals surface area contributed by atoms with Gasteiger partial charge in [0.05, 0.1) is 4.92 Å². The summed E-state index contributed by atoms with van der Waals surface area (Å²) in [6.45, 7) is 0. The Morgan fingerprint density at radius 3 is 1.68 bits per heavy atom. The predicted molar refractivity (Wildman–Crippen MR) is 76.8 cm³/mol. The standard InChI is InChI=1S/C14H10FN3O4/c15-9-1-3-10(4-2-9)16-13(19)14(20)17-11-5-7-12(8-6-11)18(21)22/h1-8H,(H,16,19)(H,17,20). The maximum absolute atomic E-state index is 12.7. The maximum Gasteiger partial charge on any atom is 0.314 e. The molecule has 0 atom stereocenters. The van der Waals surface area contributed by atoms with Crippen LogP contribution in [-0.2, 0) is 9.59 Å². The Morgan fingerprint density at radius 2 is 1.27 bits per heavy atom. The minimum Gasteiger partial charge on any atom is -0.318 e. The quantitative estimate of drug-likeness (QED) is 0.516. The van der Waals surface area contributed by atoms with Crippen molar-refractivity contribution < 1.29 is 18.9 Å². The molecule has 0 aliphatic rings. The molecule has 0 aromatic heterocycles. The summed E-state index contributed by atoms with van der Waals surface area (Å²) in [5.41, 5.74) is 0.379. The van der Waals surface area contributed by atoms with Crippen molar-refractivity contribution in [1.29, 1.82) is 0 Å². The van der Waals surface area contributed by atoms with Crippen molar-refractivity contribution in [3.63, 3.8) is 0 Å². The fourth-order valence-corrected chi connectivity index (χ4v) is 1.58. The molecule has 2 amide bonds. The van der Waals surface area contributed by atoms with Crippen LogP contribution in [0.5, 0.6) is 0 Å². The summed E-state index contributed by atoms with van der Waals surface area (Å²) in [7, 11) is 0. The second-order valence-corrected chi connectivity index (χ2v) is 4.22. The molecule has 0 spiro atoms. The molecule has 0 saturated carbocycles. The van der Waals surface area contributed by atoms with Gasteiger partial charge in [-0.2, -0.15) is 0 Å². The van der Waals surface area contributed by atoms with Crippen LogP contribution in [0, 0.1) is 15.9 Å². The van der Waals surface area contributed by atoms with E-state index in [9.17, 15) is 24.1 Å². The van der Waals surface area contributed by atoms with E-state index in [1.165, 1.54) is 36.4 Å². The Labute approximate surface area is 123 Å². The second kappa shape index (κ2) is 6.44. The van der Waals surface area contributed by atoms with E-state index in [2.05, 4.69) is 10.6 Å². The van der Waals surface area contributed by atoms with Crippen molar-refractivity contribution in [2.24, 2.45) is 0 Å². The van der Waals surface area contributed by atoms with E-state index in [1.54, 1.807) is 0 Å². The topological polar surface area (TPSA) is 101 Å². The number of carbonyl (C=O) groups is 2. The third-order valence-electron chi connectivity index (χ3n) is 2.64. The van der Waals surface area contributed by atoms with Gasteiger partial charge < -0.3 is 10.6 Å². The molecular formula is C14H10FN3O4. The van der Waals surface area contributed by atoms with Crippen molar-refractivity contribution in [1.82, 2.24) is 0 Å². The zero-order valence-corrected chi connectivity index (χ0v) is 11.1. The minimum atomic E-state index is -0.946. The number of benzene rings is 2. The van der Waals surface area contributed by atoms with Gasteiger partial charge >= 0.3 is 11.8 Å². The van der Waals surface area contributed by atoms with E-state index >= 15 is 0 Å². The molecule has 2 N–H and O–H groups in total. The van der Waals surface area contributed by atoms with E-state index in [0.29, 0.717) is 0 Å². The Kier molecular flexibility index (Phi) is 4.42. The van der Waals surface area contributed by atoms with Gasteiger partial charge in [-0.3, -0.25) is 19.7 Å². The van der Waals surface area contributed by atoms with Gasteiger partial charge in [-0.05, 0) is 36.4 Å². The molecule has 0 radical (unpaired) electrons. The molecule has 0 aliphatic carbocycles. The summed E-state index contributed by atoms with van der Waals surface area (Å²) in [5.74, 6) is -2.35. The van der Waals surface area contributed by atoms with Crippen molar-refractivity contribution in [2.75, 3.05) is 10.6 Å². The summed E-state index contributed by atoms with van der Waals surface area (Å²) >= 11 is 0. The second-order valence-electron chi connectivity index (χ2n) is 4.22. The highest BCUT2D eigenvalue weighted by atomic mass is 19.1. The van der Waals surface area contributed by atoms with Gasteiger partial charge in [-0.15, -0.1) is 0 Å². The van der Waals surface area contributed by atoms with Crippen LogP contribution in [0.4, 0.5) is 21.5 Å². The van der Waals surface area contributed by atoms with E-state index < -0.39 is 22.6 Å². The number of hydrogen-bond donors (Lipinski definition) is 2. The van der Waals surface area contributed by atoms with Crippen LogP contribution in [0.15, 0.2) is 48.5 Å². The molecule has 0 unspecified atom stereocenters. The van der Waals surface area contributed by atoms with Gasteiger partial charge in [-0.1, -0.05) is 0 Å². The zero-order chi connectivity index (χ0) is 16.1. The molecule has 0 aliphatic heterocycles. The minimum absolute atomic E-state index is 0.131. The molecule has 7 nitrogen and oxygen atoms in total. The highest BCUT2D eigenvalue weighted by molar-refractivity contribution is 6.43. The van der Waals surface area contributed by atoms with Gasteiger partial charge in [0.1, 0.15) is 5.82 Å². The first-order valence-electron chi connectivity index (χ1n) is 6.08. The number of hydrogen-bond acceptors (Lipinski definition) is 4. The van der Waals surface area contributed by atoms with Crippen LogP contribution in [0.2, 0.25) is 0 Å². The average molecular weight is 303 g/mol. The van der Waals surface area contributed by atoms with E-state index in [0.717, 1.165) is 12.1 Å². The molecular weight excluding hydrogens is 293 g/mol. The maximum atomic E-state index is 12.7. The number of nitrogens with one attached hydrogen (secondary N) is 2. The third-order valence-corrected chi connectivity index (χ3v) is 2.64. The summed E-state index contributed by atoms with van der Waals surface area (Å²) < 4.78 is 12.7. The van der Waals surface area contributed by atoms with Gasteiger partial charge in [0.2, 0.25) is 0 Å². The van der Waals surface area contributed by atoms with Gasteiger partial charge in [0, 0.05) is 23.5 Å². The Morgan fingerprint density at radius 1 is 0.864 bits per heavy atom. The molecule has 22 heavy (non-hydrogen) atoms. The monoisotopic (exact) mass is 303 g/mol. The Bertz CT molecular complexity index is 714. The first-order chi connectivity index (χ1) is 10.5. The molecule has 2 aromatic rings. The van der Waals surface area contributed by atoms with Crippen molar-refractivity contribution in [3.8, 4) is 0 Å². The van der Waals surface area contributed by atoms with E-state index in [4.69, 9.17) is 0 Å². The lowest BCUT2D eigenvalue weighted by Gasteiger charge is -2.06. The smallest absolute Gasteiger partial charge is 0.314 e. The molecule has 0 fully saturated rings. The lowest BCUT2D eigenvalue weighted by molar-refractivity contribution is -0.384. The summed E-state index contributed by atoms with van der Waals surface area (Å²) in [4.78, 5) is 33.2. The normalized spacial score (nSPS) is 9.86. The highest BCUT2D eigenvalue weighted by Crippen LogP contribution is 2.15. The Balaban J connectivity index is 1.97. The van der Waals surface area contributed by atoms with Gasteiger partial charge in [0.15, 0.2) is 0 Å². The fourth-order valence-electron chi connectivity index (χ4n) is 1.58. The first kappa shape index (κ1) is 15.1. The molecule has 0 saturated heterocycles.